The third-order valence-electron chi connectivity index (χ3n) is 2.90. The van der Waals surface area contributed by atoms with Gasteiger partial charge in [0, 0.05) is 13.0 Å². The number of nitrogens with zero attached hydrogens (tertiary/aromatic N) is 1. The molecule has 0 radical (unpaired) electrons. The minimum absolute atomic E-state index is 0.181. The lowest BCUT2D eigenvalue weighted by molar-refractivity contribution is -0.141. The molecule has 0 bridgehead atoms. The van der Waals surface area contributed by atoms with Gasteiger partial charge in [0.2, 0.25) is 5.78 Å². The minimum Gasteiger partial charge on any atom is -0.329 e. The second-order valence-electron chi connectivity index (χ2n) is 3.90. The number of amides is 1. The molecular formula is C12H12FNO2. The van der Waals surface area contributed by atoms with Gasteiger partial charge in [-0.3, -0.25) is 9.59 Å². The Kier molecular flexibility index (Phi) is 2.73. The molecule has 0 aromatic heterocycles. The van der Waals surface area contributed by atoms with E-state index in [1.165, 1.54) is 17.0 Å². The average Bonchev–Trinajstić information content (AvgIpc) is 2.60. The van der Waals surface area contributed by atoms with Gasteiger partial charge in [-0.05, 0) is 24.6 Å². The average molecular weight is 221 g/mol. The number of carbonyl (C=O) groups excluding carboxylic acids is 2. The van der Waals surface area contributed by atoms with Crippen LogP contribution in [0.1, 0.15) is 24.9 Å². The van der Waals surface area contributed by atoms with E-state index in [1.807, 2.05) is 6.92 Å². The summed E-state index contributed by atoms with van der Waals surface area (Å²) in [4.78, 5) is 24.1. The molecule has 1 heterocycles. The maximum atomic E-state index is 12.7. The van der Waals surface area contributed by atoms with Gasteiger partial charge in [0.05, 0.1) is 6.04 Å². The molecular weight excluding hydrogens is 209 g/mol. The zero-order valence-electron chi connectivity index (χ0n) is 8.94. The fourth-order valence-electron chi connectivity index (χ4n) is 1.88. The fraction of sp³-hybridized carbons (Fsp3) is 0.333. The first-order valence-corrected chi connectivity index (χ1v) is 5.19. The summed E-state index contributed by atoms with van der Waals surface area (Å²) in [5.74, 6) is -1.08. The number of hydrogen-bond acceptors (Lipinski definition) is 2. The second kappa shape index (κ2) is 4.04. The molecule has 4 heteroatoms. The summed E-state index contributed by atoms with van der Waals surface area (Å²) in [6.45, 7) is 2.29. The van der Waals surface area contributed by atoms with Crippen molar-refractivity contribution in [1.82, 2.24) is 4.90 Å². The van der Waals surface area contributed by atoms with Gasteiger partial charge in [0.25, 0.3) is 5.91 Å². The van der Waals surface area contributed by atoms with Crippen LogP contribution >= 0.6 is 0 Å². The molecule has 84 valence electrons. The maximum absolute atomic E-state index is 12.7. The van der Waals surface area contributed by atoms with E-state index >= 15 is 0 Å². The van der Waals surface area contributed by atoms with Crippen LogP contribution in [-0.2, 0) is 9.59 Å². The van der Waals surface area contributed by atoms with Crippen molar-refractivity contribution in [2.45, 2.75) is 19.4 Å². The zero-order chi connectivity index (χ0) is 11.7. The zero-order valence-corrected chi connectivity index (χ0v) is 8.94. The number of rotatable bonds is 2. The Morgan fingerprint density at radius 3 is 2.38 bits per heavy atom. The van der Waals surface area contributed by atoms with Crippen LogP contribution in [0.4, 0.5) is 4.39 Å². The number of benzene rings is 1. The van der Waals surface area contributed by atoms with Crippen LogP contribution in [0.15, 0.2) is 24.3 Å². The van der Waals surface area contributed by atoms with Crippen molar-refractivity contribution < 1.29 is 14.0 Å². The molecule has 0 aliphatic carbocycles. The van der Waals surface area contributed by atoms with Crippen molar-refractivity contribution in [2.24, 2.45) is 0 Å². The van der Waals surface area contributed by atoms with Crippen molar-refractivity contribution in [3.8, 4) is 0 Å². The third-order valence-corrected chi connectivity index (χ3v) is 2.90. The first-order chi connectivity index (χ1) is 7.59. The van der Waals surface area contributed by atoms with Gasteiger partial charge >= 0.3 is 0 Å². The van der Waals surface area contributed by atoms with Gasteiger partial charge in [0.15, 0.2) is 0 Å². The van der Waals surface area contributed by atoms with Crippen molar-refractivity contribution >= 4 is 11.7 Å². The van der Waals surface area contributed by atoms with Crippen LogP contribution in [-0.4, -0.2) is 23.1 Å². The fourth-order valence-corrected chi connectivity index (χ4v) is 1.88. The molecule has 1 fully saturated rings. The smallest absolute Gasteiger partial charge is 0.290 e. The number of halogens is 1. The van der Waals surface area contributed by atoms with Crippen LogP contribution in [0.25, 0.3) is 0 Å². The van der Waals surface area contributed by atoms with Gasteiger partial charge in [-0.2, -0.15) is 0 Å². The first kappa shape index (κ1) is 10.8. The SMILES string of the molecule is CC(c1ccc(F)cc1)N1CCC(=O)C1=O. The molecule has 1 aliphatic rings. The van der Waals surface area contributed by atoms with E-state index in [9.17, 15) is 14.0 Å². The predicted octanol–water partition coefficient (Wildman–Crippen LogP) is 1.69. The van der Waals surface area contributed by atoms with Crippen molar-refractivity contribution in [3.05, 3.63) is 35.6 Å². The van der Waals surface area contributed by atoms with Gasteiger partial charge < -0.3 is 4.90 Å². The van der Waals surface area contributed by atoms with Crippen molar-refractivity contribution in [1.29, 1.82) is 0 Å². The topological polar surface area (TPSA) is 37.4 Å². The second-order valence-corrected chi connectivity index (χ2v) is 3.90. The lowest BCUT2D eigenvalue weighted by atomic mass is 10.1. The number of ketones is 1. The normalized spacial score (nSPS) is 18.0. The molecule has 16 heavy (non-hydrogen) atoms. The highest BCUT2D eigenvalue weighted by Crippen LogP contribution is 2.24. The van der Waals surface area contributed by atoms with Crippen LogP contribution in [0, 0.1) is 5.82 Å². The Labute approximate surface area is 92.9 Å². The molecule has 0 N–H and O–H groups in total. The molecule has 2 rings (SSSR count). The van der Waals surface area contributed by atoms with Crippen LogP contribution in [0.3, 0.4) is 0 Å². The lowest BCUT2D eigenvalue weighted by Gasteiger charge is -2.23. The molecule has 0 spiro atoms. The molecule has 3 nitrogen and oxygen atoms in total. The van der Waals surface area contributed by atoms with Crippen LogP contribution in [0.5, 0.6) is 0 Å². The summed E-state index contributed by atoms with van der Waals surface area (Å²) >= 11 is 0. The highest BCUT2D eigenvalue weighted by Gasteiger charge is 2.32. The summed E-state index contributed by atoms with van der Waals surface area (Å²) < 4.78 is 12.7. The molecule has 1 aromatic carbocycles. The standard InChI is InChI=1S/C12H12FNO2/c1-8(9-2-4-10(13)5-3-9)14-7-6-11(15)12(14)16/h2-5,8H,6-7H2,1H3. The van der Waals surface area contributed by atoms with Crippen molar-refractivity contribution in [3.63, 3.8) is 0 Å². The van der Waals surface area contributed by atoms with E-state index in [2.05, 4.69) is 0 Å². The van der Waals surface area contributed by atoms with E-state index in [-0.39, 0.29) is 24.1 Å². The van der Waals surface area contributed by atoms with Gasteiger partial charge in [-0.1, -0.05) is 12.1 Å². The Balaban J connectivity index is 2.19. The third kappa shape index (κ3) is 1.83. The maximum Gasteiger partial charge on any atom is 0.290 e. The predicted molar refractivity (Wildman–Crippen MR) is 56.2 cm³/mol. The van der Waals surface area contributed by atoms with E-state index in [1.54, 1.807) is 12.1 Å². The molecule has 1 unspecified atom stereocenters. The molecule has 0 saturated carbocycles. The number of likely N-dealkylation sites (tertiary alicyclic amines) is 1. The summed E-state index contributed by atoms with van der Waals surface area (Å²) in [6, 6.07) is 5.80. The molecule has 1 aromatic rings. The highest BCUT2D eigenvalue weighted by atomic mass is 19.1. The minimum atomic E-state index is -0.433. The number of hydrogen-bond donors (Lipinski definition) is 0. The Bertz CT molecular complexity index is 427. The van der Waals surface area contributed by atoms with Crippen molar-refractivity contribution in [2.75, 3.05) is 6.54 Å². The monoisotopic (exact) mass is 221 g/mol. The lowest BCUT2D eigenvalue weighted by Crippen LogP contribution is -2.30. The van der Waals surface area contributed by atoms with Crippen LogP contribution in [0.2, 0.25) is 0 Å². The number of Topliss-reactive ketones (excluding diaryl/α,β-unsaturated/α-hetero) is 1. The summed E-state index contributed by atoms with van der Waals surface area (Å²) in [7, 11) is 0. The van der Waals surface area contributed by atoms with E-state index < -0.39 is 5.91 Å². The summed E-state index contributed by atoms with van der Waals surface area (Å²) in [5, 5.41) is 0. The van der Waals surface area contributed by atoms with Gasteiger partial charge in [-0.15, -0.1) is 0 Å². The quantitative estimate of drug-likeness (QED) is 0.712. The summed E-state index contributed by atoms with van der Waals surface area (Å²) in [5.41, 5.74) is 0.837. The number of carbonyl (C=O) groups is 2. The van der Waals surface area contributed by atoms with E-state index in [0.717, 1.165) is 5.56 Å². The largest absolute Gasteiger partial charge is 0.329 e. The summed E-state index contributed by atoms with van der Waals surface area (Å²) in [6.07, 6.45) is 0.282. The molecule has 1 amide bonds. The first-order valence-electron chi connectivity index (χ1n) is 5.19. The Hall–Kier alpha value is -1.71. The highest BCUT2D eigenvalue weighted by molar-refractivity contribution is 6.37. The Morgan fingerprint density at radius 1 is 1.25 bits per heavy atom. The molecule has 1 aliphatic heterocycles. The molecule has 1 atom stereocenters. The van der Waals surface area contributed by atoms with E-state index in [4.69, 9.17) is 0 Å². The molecule has 1 saturated heterocycles. The van der Waals surface area contributed by atoms with Gasteiger partial charge in [-0.25, -0.2) is 4.39 Å². The Morgan fingerprint density at radius 2 is 1.88 bits per heavy atom. The van der Waals surface area contributed by atoms with Crippen LogP contribution < -0.4 is 0 Å². The van der Waals surface area contributed by atoms with Gasteiger partial charge in [0.1, 0.15) is 5.82 Å². The van der Waals surface area contributed by atoms with E-state index in [0.29, 0.717) is 6.54 Å².